The van der Waals surface area contributed by atoms with E-state index in [1.165, 1.54) is 6.07 Å². The Morgan fingerprint density at radius 1 is 1.10 bits per heavy atom. The molecule has 0 aliphatic rings. The van der Waals surface area contributed by atoms with Crippen LogP contribution in [0, 0.1) is 18.3 Å². The molecule has 1 unspecified atom stereocenters. The fourth-order valence-corrected chi connectivity index (χ4v) is 3.05. The third-order valence-electron chi connectivity index (χ3n) is 2.95. The van der Waals surface area contributed by atoms with E-state index in [1.54, 1.807) is 48.5 Å². The second-order valence-corrected chi connectivity index (χ2v) is 6.62. The van der Waals surface area contributed by atoms with Gasteiger partial charge in [-0.2, -0.15) is 0 Å². The summed E-state index contributed by atoms with van der Waals surface area (Å²) in [5.41, 5.74) is 0. The van der Waals surface area contributed by atoms with Crippen LogP contribution in [0.15, 0.2) is 64.4 Å². The lowest BCUT2D eigenvalue weighted by atomic mass is 10.2. The SMILES string of the molecule is C#CC(C)COc1cccc(S(=O)(=O)c2ccccc2)c1. The van der Waals surface area contributed by atoms with Crippen LogP contribution in [0.25, 0.3) is 0 Å². The van der Waals surface area contributed by atoms with Crippen LogP contribution in [0.5, 0.6) is 5.75 Å². The van der Waals surface area contributed by atoms with E-state index in [-0.39, 0.29) is 15.7 Å². The van der Waals surface area contributed by atoms with Crippen molar-refractivity contribution in [2.45, 2.75) is 16.7 Å². The first-order chi connectivity index (χ1) is 10.0. The van der Waals surface area contributed by atoms with Crippen molar-refractivity contribution in [3.63, 3.8) is 0 Å². The molecule has 4 heteroatoms. The van der Waals surface area contributed by atoms with Gasteiger partial charge in [0.1, 0.15) is 12.4 Å². The Morgan fingerprint density at radius 2 is 1.76 bits per heavy atom. The third-order valence-corrected chi connectivity index (χ3v) is 4.72. The smallest absolute Gasteiger partial charge is 0.206 e. The Hall–Kier alpha value is -2.25. The summed E-state index contributed by atoms with van der Waals surface area (Å²) in [4.78, 5) is 0.471. The molecular weight excluding hydrogens is 284 g/mol. The Kier molecular flexibility index (Phi) is 4.66. The lowest BCUT2D eigenvalue weighted by molar-refractivity contribution is 0.288. The molecule has 0 aromatic heterocycles. The van der Waals surface area contributed by atoms with E-state index < -0.39 is 9.84 Å². The summed E-state index contributed by atoms with van der Waals surface area (Å²) in [5.74, 6) is 3.03. The van der Waals surface area contributed by atoms with Gasteiger partial charge in [0, 0.05) is 0 Å². The summed E-state index contributed by atoms with van der Waals surface area (Å²) in [6, 6.07) is 14.8. The molecule has 0 saturated carbocycles. The molecule has 2 rings (SSSR count). The van der Waals surface area contributed by atoms with Crippen LogP contribution in [0.2, 0.25) is 0 Å². The van der Waals surface area contributed by atoms with Gasteiger partial charge < -0.3 is 4.74 Å². The summed E-state index contributed by atoms with van der Waals surface area (Å²) in [6.07, 6.45) is 5.29. The quantitative estimate of drug-likeness (QED) is 0.797. The Balaban J connectivity index is 2.27. The van der Waals surface area contributed by atoms with Crippen molar-refractivity contribution in [3.05, 3.63) is 54.6 Å². The highest BCUT2D eigenvalue weighted by atomic mass is 32.2. The molecule has 2 aromatic rings. The number of terminal acetylenes is 1. The van der Waals surface area contributed by atoms with Gasteiger partial charge in [-0.3, -0.25) is 0 Å². The number of ether oxygens (including phenoxy) is 1. The molecule has 0 fully saturated rings. The average molecular weight is 300 g/mol. The third kappa shape index (κ3) is 3.65. The maximum absolute atomic E-state index is 12.5. The summed E-state index contributed by atoms with van der Waals surface area (Å²) in [6.45, 7) is 2.22. The lowest BCUT2D eigenvalue weighted by Gasteiger charge is -2.10. The zero-order valence-corrected chi connectivity index (χ0v) is 12.5. The molecule has 3 nitrogen and oxygen atoms in total. The largest absolute Gasteiger partial charge is 0.492 e. The number of rotatable bonds is 5. The van der Waals surface area contributed by atoms with Crippen molar-refractivity contribution in [3.8, 4) is 18.1 Å². The molecule has 0 radical (unpaired) electrons. The first-order valence-corrected chi connectivity index (χ1v) is 8.01. The molecule has 0 bridgehead atoms. The minimum atomic E-state index is -3.53. The van der Waals surface area contributed by atoms with Crippen LogP contribution < -0.4 is 4.74 Å². The Morgan fingerprint density at radius 3 is 2.43 bits per heavy atom. The topological polar surface area (TPSA) is 43.4 Å². The normalized spacial score (nSPS) is 12.4. The number of hydrogen-bond donors (Lipinski definition) is 0. The Labute approximate surface area is 125 Å². The fourth-order valence-electron chi connectivity index (χ4n) is 1.74. The van der Waals surface area contributed by atoms with E-state index in [1.807, 2.05) is 6.92 Å². The number of benzene rings is 2. The van der Waals surface area contributed by atoms with E-state index in [0.717, 1.165) is 0 Å². The monoisotopic (exact) mass is 300 g/mol. The van der Waals surface area contributed by atoms with E-state index in [4.69, 9.17) is 11.2 Å². The van der Waals surface area contributed by atoms with E-state index in [9.17, 15) is 8.42 Å². The van der Waals surface area contributed by atoms with Gasteiger partial charge in [-0.25, -0.2) is 8.42 Å². The minimum absolute atomic E-state index is 0.0283. The number of hydrogen-bond acceptors (Lipinski definition) is 3. The van der Waals surface area contributed by atoms with Crippen LogP contribution in [-0.2, 0) is 9.84 Å². The maximum atomic E-state index is 12.5. The minimum Gasteiger partial charge on any atom is -0.492 e. The second kappa shape index (κ2) is 6.47. The predicted molar refractivity (Wildman–Crippen MR) is 81.8 cm³/mol. The zero-order chi connectivity index (χ0) is 15.3. The summed E-state index contributed by atoms with van der Waals surface area (Å²) in [7, 11) is -3.53. The van der Waals surface area contributed by atoms with Crippen LogP contribution in [0.4, 0.5) is 0 Å². The van der Waals surface area contributed by atoms with Gasteiger partial charge in [-0.1, -0.05) is 24.3 Å². The van der Waals surface area contributed by atoms with Gasteiger partial charge in [-0.15, -0.1) is 12.3 Å². The lowest BCUT2D eigenvalue weighted by Crippen LogP contribution is -2.07. The molecule has 108 valence electrons. The second-order valence-electron chi connectivity index (χ2n) is 4.67. The highest BCUT2D eigenvalue weighted by Crippen LogP contribution is 2.24. The van der Waals surface area contributed by atoms with Crippen LogP contribution in [0.3, 0.4) is 0 Å². The zero-order valence-electron chi connectivity index (χ0n) is 11.7. The summed E-state index contributed by atoms with van der Waals surface area (Å²) >= 11 is 0. The van der Waals surface area contributed by atoms with Crippen molar-refractivity contribution in [1.82, 2.24) is 0 Å². The molecule has 1 atom stereocenters. The van der Waals surface area contributed by atoms with E-state index in [2.05, 4.69) is 5.92 Å². The summed E-state index contributed by atoms with van der Waals surface area (Å²) in [5, 5.41) is 0. The fraction of sp³-hybridized carbons (Fsp3) is 0.176. The molecular formula is C17H16O3S. The molecule has 0 saturated heterocycles. The maximum Gasteiger partial charge on any atom is 0.206 e. The molecule has 2 aromatic carbocycles. The van der Waals surface area contributed by atoms with Crippen LogP contribution >= 0.6 is 0 Å². The van der Waals surface area contributed by atoms with Crippen molar-refractivity contribution in [1.29, 1.82) is 0 Å². The highest BCUT2D eigenvalue weighted by Gasteiger charge is 2.17. The van der Waals surface area contributed by atoms with E-state index >= 15 is 0 Å². The highest BCUT2D eigenvalue weighted by molar-refractivity contribution is 7.91. The average Bonchev–Trinajstić information content (AvgIpc) is 2.53. The number of sulfone groups is 1. The first kappa shape index (κ1) is 15.1. The van der Waals surface area contributed by atoms with E-state index in [0.29, 0.717) is 12.4 Å². The van der Waals surface area contributed by atoms with Gasteiger partial charge in [0.05, 0.1) is 15.7 Å². The predicted octanol–water partition coefficient (Wildman–Crippen LogP) is 3.17. The van der Waals surface area contributed by atoms with Crippen molar-refractivity contribution in [2.24, 2.45) is 5.92 Å². The van der Waals surface area contributed by atoms with Crippen LogP contribution in [0.1, 0.15) is 6.92 Å². The Bertz CT molecular complexity index is 743. The molecule has 0 amide bonds. The van der Waals surface area contributed by atoms with Crippen molar-refractivity contribution in [2.75, 3.05) is 6.61 Å². The summed E-state index contributed by atoms with van der Waals surface area (Å²) < 4.78 is 30.5. The van der Waals surface area contributed by atoms with Gasteiger partial charge in [0.2, 0.25) is 9.84 Å². The molecule has 0 spiro atoms. The van der Waals surface area contributed by atoms with Gasteiger partial charge in [0.25, 0.3) is 0 Å². The van der Waals surface area contributed by atoms with Crippen LogP contribution in [-0.4, -0.2) is 15.0 Å². The van der Waals surface area contributed by atoms with Gasteiger partial charge in [-0.05, 0) is 37.3 Å². The molecule has 21 heavy (non-hydrogen) atoms. The van der Waals surface area contributed by atoms with Crippen molar-refractivity contribution >= 4 is 9.84 Å². The molecule has 0 aliphatic heterocycles. The van der Waals surface area contributed by atoms with Gasteiger partial charge >= 0.3 is 0 Å². The first-order valence-electron chi connectivity index (χ1n) is 6.53. The molecule has 0 N–H and O–H groups in total. The standard InChI is InChI=1S/C17H16O3S/c1-3-14(2)13-20-15-8-7-11-17(12-15)21(18,19)16-9-5-4-6-10-16/h1,4-12,14H,13H2,2H3. The van der Waals surface area contributed by atoms with Crippen molar-refractivity contribution < 1.29 is 13.2 Å². The molecule has 0 heterocycles. The molecule has 0 aliphatic carbocycles. The van der Waals surface area contributed by atoms with Gasteiger partial charge in [0.15, 0.2) is 0 Å².